The number of hydrogen-bond donors (Lipinski definition) is 2. The molecule has 8 nitrogen and oxygen atoms in total. The molecule has 0 spiro atoms. The SMILES string of the molecule is CC.Cc1ccc(Nc2c(C(=O)NOC[C@H]3COC(C)(C)O3)cc(F)c3cncn23)c(F)c1.[HH].[HH]. The zero-order valence-electron chi connectivity index (χ0n) is 19.2. The van der Waals surface area contributed by atoms with Gasteiger partial charge in [-0.3, -0.25) is 14.0 Å². The van der Waals surface area contributed by atoms with Crippen LogP contribution in [0.2, 0.25) is 0 Å². The standard InChI is InChI=1S/C21H22F2N4O4.C2H6.2H2/c1-12-4-5-17(15(22)6-12)25-19-14(7-16(23)18-8-24-11-27(18)19)20(28)26-30-10-13-9-29-21(2,3)31-13;1-2;;/h4-8,11,13,25H,9-10H2,1-3H3,(H,26,28);1-2H3;2*1H/t13-;;;/m1.../s1. The summed E-state index contributed by atoms with van der Waals surface area (Å²) in [5, 5.41) is 2.87. The Bertz CT molecular complexity index is 1140. The number of anilines is 2. The first kappa shape index (κ1) is 24.6. The topological polar surface area (TPSA) is 86.1 Å². The maximum atomic E-state index is 14.5. The first-order chi connectivity index (χ1) is 15.7. The van der Waals surface area contributed by atoms with Gasteiger partial charge in [-0.15, -0.1) is 0 Å². The minimum absolute atomic E-state index is 0. The van der Waals surface area contributed by atoms with Crippen molar-refractivity contribution in [3.8, 4) is 0 Å². The highest BCUT2D eigenvalue weighted by Crippen LogP contribution is 2.27. The third-order valence-electron chi connectivity index (χ3n) is 4.77. The summed E-state index contributed by atoms with van der Waals surface area (Å²) in [6, 6.07) is 5.65. The smallest absolute Gasteiger partial charge is 0.278 e. The van der Waals surface area contributed by atoms with Crippen LogP contribution in [0.25, 0.3) is 5.52 Å². The molecule has 1 aromatic carbocycles. The number of carbonyl (C=O) groups excluding carboxylic acids is 1. The molecule has 1 atom stereocenters. The van der Waals surface area contributed by atoms with Gasteiger partial charge in [-0.25, -0.2) is 19.2 Å². The van der Waals surface area contributed by atoms with Crippen molar-refractivity contribution in [3.63, 3.8) is 0 Å². The number of benzene rings is 1. The highest BCUT2D eigenvalue weighted by Gasteiger charge is 2.33. The molecule has 0 saturated carbocycles. The fraction of sp³-hybridized carbons (Fsp3) is 0.391. The number of halogens is 2. The molecule has 10 heteroatoms. The normalized spacial score (nSPS) is 16.9. The molecule has 0 radical (unpaired) electrons. The summed E-state index contributed by atoms with van der Waals surface area (Å²) in [6.07, 6.45) is 2.28. The van der Waals surface area contributed by atoms with Gasteiger partial charge in [-0.05, 0) is 44.5 Å². The second-order valence-electron chi connectivity index (χ2n) is 7.70. The monoisotopic (exact) mass is 466 g/mol. The predicted octanol–water partition coefficient (Wildman–Crippen LogP) is 5.00. The molecule has 0 bridgehead atoms. The molecule has 0 aliphatic carbocycles. The molecule has 1 fully saturated rings. The molecule has 0 unspecified atom stereocenters. The quantitative estimate of drug-likeness (QED) is 0.498. The van der Waals surface area contributed by atoms with Gasteiger partial charge in [0.25, 0.3) is 5.91 Å². The van der Waals surface area contributed by atoms with E-state index >= 15 is 0 Å². The van der Waals surface area contributed by atoms with Crippen LogP contribution in [0.15, 0.2) is 36.8 Å². The summed E-state index contributed by atoms with van der Waals surface area (Å²) in [6.45, 7) is 9.67. The van der Waals surface area contributed by atoms with Gasteiger partial charge < -0.3 is 14.8 Å². The lowest BCUT2D eigenvalue weighted by molar-refractivity contribution is -0.147. The van der Waals surface area contributed by atoms with Gasteiger partial charge in [0.15, 0.2) is 5.79 Å². The zero-order chi connectivity index (χ0) is 24.2. The Hall–Kier alpha value is -3.08. The molecule has 2 aromatic heterocycles. The summed E-state index contributed by atoms with van der Waals surface area (Å²) in [7, 11) is 0. The number of hydroxylamine groups is 1. The lowest BCUT2D eigenvalue weighted by Gasteiger charge is -2.18. The summed E-state index contributed by atoms with van der Waals surface area (Å²) in [5.41, 5.74) is 3.18. The number of hydrogen-bond acceptors (Lipinski definition) is 6. The third kappa shape index (κ3) is 5.65. The van der Waals surface area contributed by atoms with Crippen LogP contribution >= 0.6 is 0 Å². The molecule has 2 N–H and O–H groups in total. The fourth-order valence-electron chi connectivity index (χ4n) is 3.30. The number of pyridine rings is 1. The van der Waals surface area contributed by atoms with E-state index in [0.29, 0.717) is 6.61 Å². The van der Waals surface area contributed by atoms with E-state index in [0.717, 1.165) is 11.6 Å². The molecule has 182 valence electrons. The molecule has 1 amide bonds. The highest BCUT2D eigenvalue weighted by atomic mass is 19.1. The van der Waals surface area contributed by atoms with E-state index in [-0.39, 0.29) is 38.1 Å². The number of amides is 1. The first-order valence-electron chi connectivity index (χ1n) is 10.6. The van der Waals surface area contributed by atoms with Gasteiger partial charge in [0.2, 0.25) is 0 Å². The number of rotatable bonds is 6. The number of ether oxygens (including phenoxy) is 2. The van der Waals surface area contributed by atoms with Crippen LogP contribution in [0.5, 0.6) is 0 Å². The van der Waals surface area contributed by atoms with E-state index in [1.54, 1.807) is 26.8 Å². The van der Waals surface area contributed by atoms with Gasteiger partial charge in [0.05, 0.1) is 24.1 Å². The number of imidazole rings is 1. The van der Waals surface area contributed by atoms with E-state index in [1.165, 1.54) is 29.1 Å². The van der Waals surface area contributed by atoms with E-state index in [9.17, 15) is 13.6 Å². The van der Waals surface area contributed by atoms with E-state index in [1.807, 2.05) is 13.8 Å². The number of nitrogens with zero attached hydrogens (tertiary/aromatic N) is 2. The van der Waals surface area contributed by atoms with E-state index < -0.39 is 23.3 Å². The molecule has 1 aliphatic heterocycles. The fourth-order valence-corrected chi connectivity index (χ4v) is 3.30. The Morgan fingerprint density at radius 3 is 2.73 bits per heavy atom. The molecular formula is C23H32F2N4O4. The van der Waals surface area contributed by atoms with Crippen molar-refractivity contribution in [1.82, 2.24) is 14.9 Å². The Kier molecular flexibility index (Phi) is 7.62. The largest absolute Gasteiger partial charge is 0.348 e. The van der Waals surface area contributed by atoms with Crippen LogP contribution in [0, 0.1) is 18.6 Å². The predicted molar refractivity (Wildman–Crippen MR) is 123 cm³/mol. The Morgan fingerprint density at radius 2 is 2.06 bits per heavy atom. The lowest BCUT2D eigenvalue weighted by atomic mass is 10.2. The maximum absolute atomic E-state index is 14.5. The molecule has 3 aromatic rings. The second-order valence-corrected chi connectivity index (χ2v) is 7.70. The van der Waals surface area contributed by atoms with Crippen LogP contribution in [0.1, 0.15) is 46.5 Å². The Morgan fingerprint density at radius 1 is 1.30 bits per heavy atom. The maximum Gasteiger partial charge on any atom is 0.278 e. The van der Waals surface area contributed by atoms with Gasteiger partial charge >= 0.3 is 0 Å². The van der Waals surface area contributed by atoms with Crippen LogP contribution in [0.3, 0.4) is 0 Å². The van der Waals surface area contributed by atoms with Crippen molar-refractivity contribution in [2.45, 2.75) is 46.5 Å². The zero-order valence-corrected chi connectivity index (χ0v) is 19.2. The van der Waals surface area contributed by atoms with Crippen molar-refractivity contribution in [2.75, 3.05) is 18.5 Å². The number of aryl methyl sites for hydroxylation is 1. The van der Waals surface area contributed by atoms with Gasteiger partial charge in [0.1, 0.15) is 42.0 Å². The van der Waals surface area contributed by atoms with Crippen LogP contribution in [-0.2, 0) is 14.3 Å². The van der Waals surface area contributed by atoms with Gasteiger partial charge in [-0.1, -0.05) is 19.9 Å². The lowest BCUT2D eigenvalue weighted by Crippen LogP contribution is -2.31. The Labute approximate surface area is 193 Å². The molecular weight excluding hydrogens is 434 g/mol. The summed E-state index contributed by atoms with van der Waals surface area (Å²) >= 11 is 0. The van der Waals surface area contributed by atoms with Crippen LogP contribution < -0.4 is 10.8 Å². The first-order valence-corrected chi connectivity index (χ1v) is 10.6. The number of aromatic nitrogens is 2. The minimum Gasteiger partial charge on any atom is -0.348 e. The Balaban J connectivity index is 0.00000149. The van der Waals surface area contributed by atoms with E-state index in [4.69, 9.17) is 14.3 Å². The summed E-state index contributed by atoms with van der Waals surface area (Å²) in [5.74, 6) is -2.47. The van der Waals surface area contributed by atoms with Crippen LogP contribution in [0.4, 0.5) is 20.3 Å². The number of fused-ring (bicyclic) bond motifs is 1. The van der Waals surface area contributed by atoms with Crippen LogP contribution in [-0.4, -0.2) is 40.4 Å². The second kappa shape index (κ2) is 10.2. The molecule has 1 aliphatic rings. The van der Waals surface area contributed by atoms with Crippen molar-refractivity contribution in [1.29, 1.82) is 0 Å². The molecule has 3 heterocycles. The van der Waals surface area contributed by atoms with Gasteiger partial charge in [0, 0.05) is 2.85 Å². The average molecular weight is 467 g/mol. The van der Waals surface area contributed by atoms with Gasteiger partial charge in [-0.2, -0.15) is 0 Å². The minimum atomic E-state index is -0.720. The van der Waals surface area contributed by atoms with Crippen molar-refractivity contribution >= 4 is 22.9 Å². The summed E-state index contributed by atoms with van der Waals surface area (Å²) < 4.78 is 41.3. The third-order valence-corrected chi connectivity index (χ3v) is 4.77. The van der Waals surface area contributed by atoms with Crippen molar-refractivity contribution < 1.29 is 30.7 Å². The average Bonchev–Trinajstić information content (AvgIpc) is 3.40. The molecule has 4 rings (SSSR count). The number of nitrogens with one attached hydrogen (secondary N) is 2. The van der Waals surface area contributed by atoms with Crippen molar-refractivity contribution in [2.24, 2.45) is 0 Å². The number of carbonyl (C=O) groups is 1. The van der Waals surface area contributed by atoms with E-state index in [2.05, 4.69) is 15.8 Å². The molecule has 33 heavy (non-hydrogen) atoms. The molecule has 1 saturated heterocycles. The highest BCUT2D eigenvalue weighted by molar-refractivity contribution is 5.99. The van der Waals surface area contributed by atoms with Crippen molar-refractivity contribution in [3.05, 3.63) is 59.6 Å². The summed E-state index contributed by atoms with van der Waals surface area (Å²) in [4.78, 5) is 21.9.